The molecular formula is C24H40BrN. The molecule has 8 aliphatic carbocycles. The Morgan fingerprint density at radius 2 is 0.962 bits per heavy atom. The Labute approximate surface area is 169 Å². The van der Waals surface area contributed by atoms with Gasteiger partial charge in [-0.2, -0.15) is 0 Å². The highest BCUT2D eigenvalue weighted by atomic mass is 79.9. The lowest BCUT2D eigenvalue weighted by molar-refractivity contribution is -0.104. The summed E-state index contributed by atoms with van der Waals surface area (Å²) in [5.41, 5.74) is 9.27. The molecule has 0 spiro atoms. The van der Waals surface area contributed by atoms with Gasteiger partial charge in [0.15, 0.2) is 0 Å². The highest BCUT2D eigenvalue weighted by molar-refractivity contribution is 9.10. The molecule has 0 aromatic carbocycles. The van der Waals surface area contributed by atoms with E-state index in [0.29, 0.717) is 26.0 Å². The maximum Gasteiger partial charge on any atom is 0.0271 e. The van der Waals surface area contributed by atoms with Crippen molar-refractivity contribution >= 4 is 15.9 Å². The number of alkyl halides is 1. The first-order valence-electron chi connectivity index (χ1n) is 11.3. The van der Waals surface area contributed by atoms with Crippen molar-refractivity contribution in [2.75, 3.05) is 0 Å². The zero-order valence-corrected chi connectivity index (χ0v) is 19.2. The van der Waals surface area contributed by atoms with Crippen molar-refractivity contribution in [1.82, 2.24) is 0 Å². The molecule has 0 heterocycles. The first-order chi connectivity index (χ1) is 11.8. The highest BCUT2D eigenvalue weighted by Gasteiger charge is 2.60. The molecule has 0 amide bonds. The lowest BCUT2D eigenvalue weighted by atomic mass is 9.43. The van der Waals surface area contributed by atoms with Crippen LogP contribution in [-0.2, 0) is 0 Å². The SMILES string of the molecule is CC12CC3CC(C)(C1)CC(Br)(C3)C2.CC12CC3CC(C)(C1)CC(N)(C3)C2. The molecule has 26 heavy (non-hydrogen) atoms. The van der Waals surface area contributed by atoms with Gasteiger partial charge >= 0.3 is 0 Å². The van der Waals surface area contributed by atoms with Gasteiger partial charge < -0.3 is 5.73 Å². The van der Waals surface area contributed by atoms with E-state index in [1.165, 1.54) is 77.0 Å². The molecule has 0 saturated heterocycles. The maximum absolute atomic E-state index is 6.49. The van der Waals surface area contributed by atoms with Crippen LogP contribution in [0, 0.1) is 33.5 Å². The van der Waals surface area contributed by atoms with Crippen LogP contribution in [0.3, 0.4) is 0 Å². The molecule has 0 aromatic rings. The van der Waals surface area contributed by atoms with Crippen LogP contribution in [0.5, 0.6) is 0 Å². The Morgan fingerprint density at radius 1 is 0.577 bits per heavy atom. The van der Waals surface area contributed by atoms with Crippen LogP contribution in [-0.4, -0.2) is 9.86 Å². The van der Waals surface area contributed by atoms with E-state index in [-0.39, 0.29) is 5.54 Å². The summed E-state index contributed by atoms with van der Waals surface area (Å²) < 4.78 is 0.538. The van der Waals surface area contributed by atoms with Crippen LogP contribution in [0.2, 0.25) is 0 Å². The predicted octanol–water partition coefficient (Wildman–Crippen LogP) is 6.82. The van der Waals surface area contributed by atoms with Crippen molar-refractivity contribution in [3.05, 3.63) is 0 Å². The van der Waals surface area contributed by atoms with Crippen molar-refractivity contribution in [3.8, 4) is 0 Å². The van der Waals surface area contributed by atoms with Crippen molar-refractivity contribution in [2.45, 2.75) is 115 Å². The number of rotatable bonds is 0. The van der Waals surface area contributed by atoms with E-state index in [2.05, 4.69) is 43.6 Å². The fourth-order valence-corrected chi connectivity index (χ4v) is 12.7. The number of halogens is 1. The summed E-state index contributed by atoms with van der Waals surface area (Å²) in [5, 5.41) is 0. The summed E-state index contributed by atoms with van der Waals surface area (Å²) in [6.45, 7) is 9.98. The van der Waals surface area contributed by atoms with Gasteiger partial charge in [-0.25, -0.2) is 0 Å². The summed E-state index contributed by atoms with van der Waals surface area (Å²) in [4.78, 5) is 0. The lowest BCUT2D eigenvalue weighted by Crippen LogP contribution is -2.62. The Kier molecular flexibility index (Phi) is 3.64. The second-order valence-electron chi connectivity index (χ2n) is 13.8. The maximum atomic E-state index is 6.49. The third-order valence-corrected chi connectivity index (χ3v) is 10.1. The third kappa shape index (κ3) is 3.04. The van der Waals surface area contributed by atoms with Gasteiger partial charge in [0, 0.05) is 9.86 Å². The van der Waals surface area contributed by atoms with Gasteiger partial charge in [0.05, 0.1) is 0 Å². The Bertz CT molecular complexity index is 470. The average molecular weight is 422 g/mol. The zero-order chi connectivity index (χ0) is 18.6. The van der Waals surface area contributed by atoms with Crippen LogP contribution in [0.15, 0.2) is 0 Å². The number of hydrogen-bond acceptors (Lipinski definition) is 1. The van der Waals surface area contributed by atoms with Gasteiger partial charge in [0.2, 0.25) is 0 Å². The molecule has 8 aliphatic rings. The molecule has 0 aromatic heterocycles. The third-order valence-electron chi connectivity index (χ3n) is 9.23. The fourth-order valence-electron chi connectivity index (χ4n) is 10.8. The predicted molar refractivity (Wildman–Crippen MR) is 113 cm³/mol. The standard InChI is InChI=1S/C12H19Br.C12H21N/c2*1-10-3-9-4-11(2,6-10)8-12(13,5-9)7-10/h9H,3-8H2,1-2H3;9H,3-8,13H2,1-2H3. The molecule has 8 rings (SSSR count). The molecule has 8 saturated carbocycles. The van der Waals surface area contributed by atoms with Gasteiger partial charge in [0.25, 0.3) is 0 Å². The van der Waals surface area contributed by atoms with E-state index in [0.717, 1.165) is 11.8 Å². The summed E-state index contributed by atoms with van der Waals surface area (Å²) in [5.74, 6) is 1.99. The molecule has 0 aliphatic heterocycles. The summed E-state index contributed by atoms with van der Waals surface area (Å²) in [6.07, 6.45) is 17.1. The van der Waals surface area contributed by atoms with Crippen molar-refractivity contribution in [3.63, 3.8) is 0 Å². The van der Waals surface area contributed by atoms with Crippen molar-refractivity contribution in [1.29, 1.82) is 0 Å². The molecule has 148 valence electrons. The van der Waals surface area contributed by atoms with E-state index >= 15 is 0 Å². The van der Waals surface area contributed by atoms with Crippen molar-refractivity contribution in [2.24, 2.45) is 39.2 Å². The molecule has 0 radical (unpaired) electrons. The topological polar surface area (TPSA) is 26.0 Å². The molecule has 4 unspecified atom stereocenters. The monoisotopic (exact) mass is 421 g/mol. The van der Waals surface area contributed by atoms with Gasteiger partial charge in [-0.15, -0.1) is 0 Å². The molecule has 1 nitrogen and oxygen atoms in total. The average Bonchev–Trinajstić information content (AvgIpc) is 2.25. The molecule has 2 N–H and O–H groups in total. The number of hydrogen-bond donors (Lipinski definition) is 1. The van der Waals surface area contributed by atoms with E-state index in [1.807, 2.05) is 0 Å². The second kappa shape index (κ2) is 5.13. The van der Waals surface area contributed by atoms with E-state index in [1.54, 1.807) is 0 Å². The summed E-state index contributed by atoms with van der Waals surface area (Å²) >= 11 is 4.03. The zero-order valence-electron chi connectivity index (χ0n) is 17.6. The molecule has 2 heteroatoms. The Hall–Kier alpha value is 0.440. The highest BCUT2D eigenvalue weighted by Crippen LogP contribution is 2.68. The quantitative estimate of drug-likeness (QED) is 0.426. The second-order valence-corrected chi connectivity index (χ2v) is 15.5. The molecule has 4 atom stereocenters. The van der Waals surface area contributed by atoms with Gasteiger partial charge in [-0.05, 0) is 111 Å². The normalized spacial score (nSPS) is 64.4. The van der Waals surface area contributed by atoms with Crippen LogP contribution < -0.4 is 5.73 Å². The van der Waals surface area contributed by atoms with Gasteiger partial charge in [-0.1, -0.05) is 43.6 Å². The largest absolute Gasteiger partial charge is 0.325 e. The lowest BCUT2D eigenvalue weighted by Gasteiger charge is -2.64. The number of nitrogens with two attached hydrogens (primary N) is 1. The van der Waals surface area contributed by atoms with Crippen molar-refractivity contribution < 1.29 is 0 Å². The van der Waals surface area contributed by atoms with Crippen LogP contribution in [0.25, 0.3) is 0 Å². The van der Waals surface area contributed by atoms with Gasteiger partial charge in [0.1, 0.15) is 0 Å². The van der Waals surface area contributed by atoms with E-state index in [9.17, 15) is 0 Å². The Balaban J connectivity index is 0.000000115. The molecule has 8 bridgehead atoms. The first-order valence-corrected chi connectivity index (χ1v) is 12.1. The summed E-state index contributed by atoms with van der Waals surface area (Å²) in [7, 11) is 0. The summed E-state index contributed by atoms with van der Waals surface area (Å²) in [6, 6.07) is 0. The first kappa shape index (κ1) is 18.5. The Morgan fingerprint density at radius 3 is 1.27 bits per heavy atom. The molecule has 8 fully saturated rings. The van der Waals surface area contributed by atoms with Crippen LogP contribution in [0.1, 0.15) is 105 Å². The minimum atomic E-state index is 0.225. The minimum Gasteiger partial charge on any atom is -0.325 e. The van der Waals surface area contributed by atoms with E-state index < -0.39 is 0 Å². The smallest absolute Gasteiger partial charge is 0.0271 e. The minimum absolute atomic E-state index is 0.225. The molecular weight excluding hydrogens is 382 g/mol. The van der Waals surface area contributed by atoms with Crippen LogP contribution in [0.4, 0.5) is 0 Å². The van der Waals surface area contributed by atoms with Crippen LogP contribution >= 0.6 is 15.9 Å². The van der Waals surface area contributed by atoms with Gasteiger partial charge in [-0.3, -0.25) is 0 Å². The fraction of sp³-hybridized carbons (Fsp3) is 1.00. The van der Waals surface area contributed by atoms with E-state index in [4.69, 9.17) is 5.73 Å².